The maximum absolute atomic E-state index is 13.4. The van der Waals surface area contributed by atoms with Crippen LogP contribution in [0.2, 0.25) is 0 Å². The Bertz CT molecular complexity index is 668. The lowest BCUT2D eigenvalue weighted by Crippen LogP contribution is -2.50. The molecule has 1 aliphatic carbocycles. The van der Waals surface area contributed by atoms with Crippen LogP contribution in [0.15, 0.2) is 30.3 Å². The van der Waals surface area contributed by atoms with Gasteiger partial charge in [0.25, 0.3) is 0 Å². The van der Waals surface area contributed by atoms with E-state index in [0.717, 1.165) is 23.3 Å². The molecule has 1 N–H and O–H groups in total. The van der Waals surface area contributed by atoms with Gasteiger partial charge < -0.3 is 10.0 Å². The standard InChI is InChI=1S/C18H20F3NO3/c19-18(20,21)17(15(24)25)10-11-22(12-17)14(23)16(8-4-5-9-16)13-6-2-1-3-7-13/h1-3,6-7H,4-5,8-12H2,(H,24,25). The molecular formula is C18H20F3NO3. The normalized spacial score (nSPS) is 26.0. The molecule has 1 heterocycles. The number of carbonyl (C=O) groups is 2. The van der Waals surface area contributed by atoms with Crippen LogP contribution in [-0.4, -0.2) is 41.1 Å². The molecule has 1 saturated carbocycles. The predicted molar refractivity (Wildman–Crippen MR) is 83.9 cm³/mol. The lowest BCUT2D eigenvalue weighted by atomic mass is 9.77. The van der Waals surface area contributed by atoms with Crippen molar-refractivity contribution in [2.24, 2.45) is 5.41 Å². The van der Waals surface area contributed by atoms with Gasteiger partial charge in [0.15, 0.2) is 5.41 Å². The maximum Gasteiger partial charge on any atom is 0.406 e. The van der Waals surface area contributed by atoms with Crippen LogP contribution in [-0.2, 0) is 15.0 Å². The summed E-state index contributed by atoms with van der Waals surface area (Å²) in [6.45, 7) is -0.988. The fraction of sp³-hybridized carbons (Fsp3) is 0.556. The number of halogens is 3. The van der Waals surface area contributed by atoms with Crippen molar-refractivity contribution in [2.75, 3.05) is 13.1 Å². The van der Waals surface area contributed by atoms with Crippen molar-refractivity contribution in [1.29, 1.82) is 0 Å². The number of carbonyl (C=O) groups excluding carboxylic acids is 1. The zero-order valence-corrected chi connectivity index (χ0v) is 13.7. The van der Waals surface area contributed by atoms with E-state index in [4.69, 9.17) is 0 Å². The Kier molecular flexibility index (Phi) is 4.29. The second kappa shape index (κ2) is 6.04. The van der Waals surface area contributed by atoms with Gasteiger partial charge >= 0.3 is 12.1 Å². The molecule has 0 aromatic heterocycles. The number of alkyl halides is 3. The first-order valence-electron chi connectivity index (χ1n) is 8.38. The van der Waals surface area contributed by atoms with Crippen molar-refractivity contribution < 1.29 is 27.9 Å². The summed E-state index contributed by atoms with van der Waals surface area (Å²) in [5.41, 5.74) is -2.89. The number of hydrogen-bond donors (Lipinski definition) is 1. The van der Waals surface area contributed by atoms with Gasteiger partial charge in [-0.1, -0.05) is 43.2 Å². The molecule has 7 heteroatoms. The van der Waals surface area contributed by atoms with Gasteiger partial charge in [-0.05, 0) is 24.8 Å². The Morgan fingerprint density at radius 3 is 2.12 bits per heavy atom. The first-order valence-corrected chi connectivity index (χ1v) is 8.38. The van der Waals surface area contributed by atoms with Crippen molar-refractivity contribution >= 4 is 11.9 Å². The van der Waals surface area contributed by atoms with E-state index in [2.05, 4.69) is 0 Å². The maximum atomic E-state index is 13.4. The highest BCUT2D eigenvalue weighted by Crippen LogP contribution is 2.49. The number of aliphatic carboxylic acids is 1. The molecule has 136 valence electrons. The molecule has 2 fully saturated rings. The Balaban J connectivity index is 1.92. The molecule has 1 aliphatic heterocycles. The second-order valence-electron chi connectivity index (χ2n) is 7.02. The van der Waals surface area contributed by atoms with Crippen LogP contribution in [0.5, 0.6) is 0 Å². The zero-order chi connectivity index (χ0) is 18.3. The third kappa shape index (κ3) is 2.69. The zero-order valence-electron chi connectivity index (χ0n) is 13.7. The number of hydrogen-bond acceptors (Lipinski definition) is 2. The quantitative estimate of drug-likeness (QED) is 0.904. The Morgan fingerprint density at radius 1 is 1.04 bits per heavy atom. The van der Waals surface area contributed by atoms with E-state index in [-0.39, 0.29) is 12.5 Å². The average molecular weight is 355 g/mol. The lowest BCUT2D eigenvalue weighted by Gasteiger charge is -2.34. The smallest absolute Gasteiger partial charge is 0.406 e. The van der Waals surface area contributed by atoms with Crippen LogP contribution in [0.1, 0.15) is 37.7 Å². The molecule has 25 heavy (non-hydrogen) atoms. The predicted octanol–water partition coefficient (Wildman–Crippen LogP) is 3.36. The van der Waals surface area contributed by atoms with Gasteiger partial charge in [0.2, 0.25) is 5.91 Å². The monoisotopic (exact) mass is 355 g/mol. The SMILES string of the molecule is O=C(N1CCC(C(=O)O)(C(F)(F)F)C1)C1(c2ccccc2)CCCC1. The fourth-order valence-corrected chi connectivity index (χ4v) is 4.17. The minimum absolute atomic E-state index is 0.181. The molecule has 1 amide bonds. The van der Waals surface area contributed by atoms with E-state index >= 15 is 0 Å². The van der Waals surface area contributed by atoms with Crippen LogP contribution in [0.3, 0.4) is 0 Å². The highest BCUT2D eigenvalue weighted by atomic mass is 19.4. The van der Waals surface area contributed by atoms with E-state index in [0.29, 0.717) is 12.8 Å². The van der Waals surface area contributed by atoms with Gasteiger partial charge in [0.1, 0.15) is 0 Å². The van der Waals surface area contributed by atoms with Gasteiger partial charge in [-0.2, -0.15) is 13.2 Å². The number of nitrogens with zero attached hydrogens (tertiary/aromatic N) is 1. The summed E-state index contributed by atoms with van der Waals surface area (Å²) in [4.78, 5) is 25.6. The van der Waals surface area contributed by atoms with Crippen molar-refractivity contribution in [1.82, 2.24) is 4.90 Å². The molecule has 0 spiro atoms. The van der Waals surface area contributed by atoms with Crippen molar-refractivity contribution in [3.63, 3.8) is 0 Å². The minimum atomic E-state index is -4.89. The van der Waals surface area contributed by atoms with Gasteiger partial charge in [0, 0.05) is 13.1 Å². The van der Waals surface area contributed by atoms with Crippen LogP contribution in [0.25, 0.3) is 0 Å². The molecule has 0 bridgehead atoms. The largest absolute Gasteiger partial charge is 0.481 e. The summed E-state index contributed by atoms with van der Waals surface area (Å²) in [7, 11) is 0. The van der Waals surface area contributed by atoms with Crippen LogP contribution >= 0.6 is 0 Å². The molecule has 4 nitrogen and oxygen atoms in total. The van der Waals surface area contributed by atoms with Gasteiger partial charge in [-0.15, -0.1) is 0 Å². The summed E-state index contributed by atoms with van der Waals surface area (Å²) in [6, 6.07) is 9.10. The molecule has 2 aliphatic rings. The first kappa shape index (κ1) is 17.8. The second-order valence-corrected chi connectivity index (χ2v) is 7.02. The third-order valence-electron chi connectivity index (χ3n) is 5.70. The average Bonchev–Trinajstić information content (AvgIpc) is 3.23. The topological polar surface area (TPSA) is 57.6 Å². The fourth-order valence-electron chi connectivity index (χ4n) is 4.17. The van der Waals surface area contributed by atoms with Gasteiger partial charge in [0.05, 0.1) is 5.41 Å². The molecule has 1 aromatic rings. The molecule has 1 saturated heterocycles. The first-order chi connectivity index (χ1) is 11.7. The van der Waals surface area contributed by atoms with E-state index in [9.17, 15) is 27.9 Å². The summed E-state index contributed by atoms with van der Waals surface area (Å²) < 4.78 is 40.1. The number of carboxylic acids is 1. The van der Waals surface area contributed by atoms with Crippen LogP contribution < -0.4 is 0 Å². The number of benzene rings is 1. The summed E-state index contributed by atoms with van der Waals surface area (Å²) in [5.74, 6) is -2.28. The highest BCUT2D eigenvalue weighted by molar-refractivity contribution is 5.90. The van der Waals surface area contributed by atoms with Gasteiger partial charge in [-0.25, -0.2) is 0 Å². The number of amides is 1. The van der Waals surface area contributed by atoms with Crippen LogP contribution in [0.4, 0.5) is 13.2 Å². The van der Waals surface area contributed by atoms with Gasteiger partial charge in [-0.3, -0.25) is 9.59 Å². The Labute approximate surface area is 143 Å². The van der Waals surface area contributed by atoms with Crippen LogP contribution in [0, 0.1) is 5.41 Å². The summed E-state index contributed by atoms with van der Waals surface area (Å²) in [6.07, 6.45) is -2.65. The summed E-state index contributed by atoms with van der Waals surface area (Å²) >= 11 is 0. The number of rotatable bonds is 3. The molecular weight excluding hydrogens is 335 g/mol. The van der Waals surface area contributed by atoms with E-state index in [1.165, 1.54) is 0 Å². The lowest BCUT2D eigenvalue weighted by molar-refractivity contribution is -0.227. The molecule has 1 unspecified atom stereocenters. The molecule has 1 atom stereocenters. The van der Waals surface area contributed by atoms with Crippen molar-refractivity contribution in [3.05, 3.63) is 35.9 Å². The summed E-state index contributed by atoms with van der Waals surface area (Å²) in [5, 5.41) is 9.19. The molecule has 1 aromatic carbocycles. The van der Waals surface area contributed by atoms with E-state index < -0.39 is 35.9 Å². The van der Waals surface area contributed by atoms with E-state index in [1.54, 1.807) is 0 Å². The van der Waals surface area contributed by atoms with Crippen molar-refractivity contribution in [2.45, 2.75) is 43.7 Å². The number of likely N-dealkylation sites (tertiary alicyclic amines) is 1. The Morgan fingerprint density at radius 2 is 1.64 bits per heavy atom. The van der Waals surface area contributed by atoms with Crippen molar-refractivity contribution in [3.8, 4) is 0 Å². The molecule has 0 radical (unpaired) electrons. The Hall–Kier alpha value is -2.05. The van der Waals surface area contributed by atoms with E-state index in [1.807, 2.05) is 30.3 Å². The number of carboxylic acid groups (broad SMARTS) is 1. The molecule has 3 rings (SSSR count). The third-order valence-corrected chi connectivity index (χ3v) is 5.70. The highest BCUT2D eigenvalue weighted by Gasteiger charge is 2.65. The minimum Gasteiger partial charge on any atom is -0.481 e.